The van der Waals surface area contributed by atoms with Crippen LogP contribution in [0.5, 0.6) is 0 Å². The Morgan fingerprint density at radius 2 is 1.89 bits per heavy atom. The quantitative estimate of drug-likeness (QED) is 0.593. The van der Waals surface area contributed by atoms with Gasteiger partial charge in [-0.05, 0) is 23.8 Å². The number of amides is 1. The average molecular weight is 377 g/mol. The molecule has 7 nitrogen and oxygen atoms in total. The zero-order chi connectivity index (χ0) is 19.7. The molecular weight excluding hydrogens is 361 g/mol. The maximum atomic E-state index is 13.5. The van der Waals surface area contributed by atoms with E-state index in [1.807, 2.05) is 30.3 Å². The Hall–Kier alpha value is -3.81. The highest BCUT2D eigenvalue weighted by Crippen LogP contribution is 2.12. The molecular formula is C20H16FN5O2. The smallest absolute Gasteiger partial charge is 0.281 e. The zero-order valence-corrected chi connectivity index (χ0v) is 15.0. The molecule has 28 heavy (non-hydrogen) atoms. The molecule has 0 atom stereocenters. The number of nitrogens with one attached hydrogen (secondary N) is 1. The first-order valence-electron chi connectivity index (χ1n) is 8.56. The molecule has 1 N–H and O–H groups in total. The Labute approximate surface area is 159 Å². The van der Waals surface area contributed by atoms with Gasteiger partial charge in [-0.3, -0.25) is 19.0 Å². The molecule has 0 aliphatic rings. The largest absolute Gasteiger partial charge is 0.304 e. The second-order valence-electron chi connectivity index (χ2n) is 6.30. The van der Waals surface area contributed by atoms with Gasteiger partial charge in [0.1, 0.15) is 5.82 Å². The summed E-state index contributed by atoms with van der Waals surface area (Å²) in [6, 6.07) is 15.2. The number of anilines is 1. The number of halogens is 1. The van der Waals surface area contributed by atoms with E-state index in [2.05, 4.69) is 15.5 Å². The number of benzene rings is 2. The maximum absolute atomic E-state index is 13.5. The van der Waals surface area contributed by atoms with Crippen LogP contribution in [0.4, 0.5) is 10.2 Å². The highest BCUT2D eigenvalue weighted by Gasteiger charge is 2.18. The van der Waals surface area contributed by atoms with Crippen LogP contribution >= 0.6 is 0 Å². The van der Waals surface area contributed by atoms with Gasteiger partial charge in [-0.1, -0.05) is 30.3 Å². The first-order valence-corrected chi connectivity index (χ1v) is 8.56. The summed E-state index contributed by atoms with van der Waals surface area (Å²) in [4.78, 5) is 25.1. The fourth-order valence-electron chi connectivity index (χ4n) is 2.96. The van der Waals surface area contributed by atoms with Crippen molar-refractivity contribution in [1.29, 1.82) is 0 Å². The van der Waals surface area contributed by atoms with Crippen molar-refractivity contribution in [2.24, 2.45) is 7.05 Å². The van der Waals surface area contributed by atoms with Crippen LogP contribution in [0.1, 0.15) is 16.1 Å². The number of fused-ring (bicyclic) bond motifs is 1. The van der Waals surface area contributed by atoms with Gasteiger partial charge >= 0.3 is 0 Å². The Morgan fingerprint density at radius 3 is 2.68 bits per heavy atom. The molecule has 4 rings (SSSR count). The van der Waals surface area contributed by atoms with Crippen molar-refractivity contribution < 1.29 is 9.18 Å². The predicted octanol–water partition coefficient (Wildman–Crippen LogP) is 2.57. The first kappa shape index (κ1) is 17.6. The normalized spacial score (nSPS) is 10.9. The lowest BCUT2D eigenvalue weighted by Gasteiger charge is -2.07. The molecule has 8 heteroatoms. The van der Waals surface area contributed by atoms with Crippen LogP contribution < -0.4 is 10.7 Å². The molecule has 1 amide bonds. The molecule has 0 aliphatic heterocycles. The van der Waals surface area contributed by atoms with E-state index in [-0.39, 0.29) is 11.1 Å². The number of carbonyl (C=O) groups excluding carboxylic acids is 1. The molecule has 2 heterocycles. The van der Waals surface area contributed by atoms with E-state index in [1.54, 1.807) is 24.0 Å². The number of carbonyl (C=O) groups is 1. The van der Waals surface area contributed by atoms with Gasteiger partial charge in [0.05, 0.1) is 17.4 Å². The van der Waals surface area contributed by atoms with E-state index in [0.29, 0.717) is 17.9 Å². The van der Waals surface area contributed by atoms with Gasteiger partial charge in [-0.25, -0.2) is 4.39 Å². The average Bonchev–Trinajstić information content (AvgIpc) is 3.12. The van der Waals surface area contributed by atoms with Crippen LogP contribution in [0, 0.1) is 5.82 Å². The SMILES string of the molecule is Cn1nc(C(=O)Nc2ccn(Cc3ccccc3)n2)c(=O)c2cc(F)ccc21. The summed E-state index contributed by atoms with van der Waals surface area (Å²) in [7, 11) is 1.59. The van der Waals surface area contributed by atoms with E-state index in [4.69, 9.17) is 0 Å². The molecule has 0 saturated carbocycles. The third-order valence-corrected chi connectivity index (χ3v) is 4.30. The highest BCUT2D eigenvalue weighted by molar-refractivity contribution is 6.03. The number of hydrogen-bond acceptors (Lipinski definition) is 4. The topological polar surface area (TPSA) is 81.8 Å². The Bertz CT molecular complexity index is 1230. The summed E-state index contributed by atoms with van der Waals surface area (Å²) in [6.45, 7) is 0.548. The minimum absolute atomic E-state index is 0.0947. The minimum atomic E-state index is -0.697. The van der Waals surface area contributed by atoms with Crippen molar-refractivity contribution in [2.75, 3.05) is 5.32 Å². The van der Waals surface area contributed by atoms with E-state index in [1.165, 1.54) is 16.8 Å². The van der Waals surface area contributed by atoms with Gasteiger partial charge in [-0.2, -0.15) is 10.2 Å². The second kappa shape index (κ2) is 7.07. The van der Waals surface area contributed by atoms with E-state index in [0.717, 1.165) is 11.6 Å². The molecule has 0 saturated heterocycles. The van der Waals surface area contributed by atoms with Crippen LogP contribution in [0.3, 0.4) is 0 Å². The lowest BCUT2D eigenvalue weighted by molar-refractivity contribution is 0.101. The number of nitrogens with zero attached hydrogens (tertiary/aromatic N) is 4. The molecule has 4 aromatic rings. The van der Waals surface area contributed by atoms with Crippen molar-refractivity contribution in [1.82, 2.24) is 19.6 Å². The Balaban J connectivity index is 1.59. The van der Waals surface area contributed by atoms with Crippen LogP contribution in [0.2, 0.25) is 0 Å². The molecule has 2 aromatic heterocycles. The van der Waals surface area contributed by atoms with Crippen LogP contribution in [-0.4, -0.2) is 25.5 Å². The summed E-state index contributed by atoms with van der Waals surface area (Å²) < 4.78 is 16.6. The van der Waals surface area contributed by atoms with E-state index >= 15 is 0 Å². The fourth-order valence-corrected chi connectivity index (χ4v) is 2.96. The minimum Gasteiger partial charge on any atom is -0.304 e. The second-order valence-corrected chi connectivity index (χ2v) is 6.30. The van der Waals surface area contributed by atoms with Crippen molar-refractivity contribution >= 4 is 22.6 Å². The summed E-state index contributed by atoms with van der Waals surface area (Å²) in [6.07, 6.45) is 1.73. The van der Waals surface area contributed by atoms with Crippen LogP contribution in [0.25, 0.3) is 10.9 Å². The van der Waals surface area contributed by atoms with Crippen LogP contribution in [0.15, 0.2) is 65.6 Å². The predicted molar refractivity (Wildman–Crippen MR) is 103 cm³/mol. The van der Waals surface area contributed by atoms with Gasteiger partial charge in [-0.15, -0.1) is 0 Å². The van der Waals surface area contributed by atoms with Gasteiger partial charge < -0.3 is 5.32 Å². The monoisotopic (exact) mass is 377 g/mol. The summed E-state index contributed by atoms with van der Waals surface area (Å²) in [5.74, 6) is -0.956. The summed E-state index contributed by atoms with van der Waals surface area (Å²) >= 11 is 0. The molecule has 0 spiro atoms. The maximum Gasteiger partial charge on any atom is 0.281 e. The Kier molecular flexibility index (Phi) is 4.44. The number of aryl methyl sites for hydroxylation is 1. The van der Waals surface area contributed by atoms with Crippen LogP contribution in [-0.2, 0) is 13.6 Å². The number of rotatable bonds is 4. The standard InChI is InChI=1S/C20H16FN5O2/c1-25-16-8-7-14(21)11-15(16)19(27)18(24-25)20(28)22-17-9-10-26(23-17)12-13-5-3-2-4-6-13/h2-11H,12H2,1H3,(H,22,23,28). The molecule has 0 aliphatic carbocycles. The molecule has 0 bridgehead atoms. The van der Waals surface area contributed by atoms with Crippen molar-refractivity contribution in [2.45, 2.75) is 6.54 Å². The summed E-state index contributed by atoms with van der Waals surface area (Å²) in [5, 5.41) is 11.0. The summed E-state index contributed by atoms with van der Waals surface area (Å²) in [5.41, 5.74) is 0.553. The lowest BCUT2D eigenvalue weighted by Crippen LogP contribution is -2.26. The van der Waals surface area contributed by atoms with Crippen molar-refractivity contribution in [3.8, 4) is 0 Å². The van der Waals surface area contributed by atoms with Gasteiger partial charge in [0, 0.05) is 19.3 Å². The molecule has 0 fully saturated rings. The van der Waals surface area contributed by atoms with Crippen molar-refractivity contribution in [3.63, 3.8) is 0 Å². The van der Waals surface area contributed by atoms with Gasteiger partial charge in [0.25, 0.3) is 5.91 Å². The molecule has 0 unspecified atom stereocenters. The number of aromatic nitrogens is 4. The van der Waals surface area contributed by atoms with E-state index < -0.39 is 17.2 Å². The lowest BCUT2D eigenvalue weighted by atomic mass is 10.2. The molecule has 2 aromatic carbocycles. The Morgan fingerprint density at radius 1 is 1.11 bits per heavy atom. The van der Waals surface area contributed by atoms with Crippen molar-refractivity contribution in [3.05, 3.63) is 88.1 Å². The first-order chi connectivity index (χ1) is 13.5. The highest BCUT2D eigenvalue weighted by atomic mass is 19.1. The van der Waals surface area contributed by atoms with Gasteiger partial charge in [0.15, 0.2) is 11.5 Å². The molecule has 0 radical (unpaired) electrons. The molecule has 140 valence electrons. The number of hydrogen-bond donors (Lipinski definition) is 1. The third kappa shape index (κ3) is 3.39. The zero-order valence-electron chi connectivity index (χ0n) is 15.0. The third-order valence-electron chi connectivity index (χ3n) is 4.30. The van der Waals surface area contributed by atoms with E-state index in [9.17, 15) is 14.0 Å². The van der Waals surface area contributed by atoms with Gasteiger partial charge in [0.2, 0.25) is 5.43 Å². The fraction of sp³-hybridized carbons (Fsp3) is 0.100.